The van der Waals surface area contributed by atoms with E-state index >= 15 is 0 Å². The van der Waals surface area contributed by atoms with Crippen LogP contribution in [0.4, 0.5) is 0 Å². The Kier molecular flexibility index (Phi) is 10.9. The third-order valence-electron chi connectivity index (χ3n) is 4.67. The second-order valence-electron chi connectivity index (χ2n) is 7.06. The van der Waals surface area contributed by atoms with Crippen LogP contribution in [-0.2, 0) is 20.8 Å². The van der Waals surface area contributed by atoms with Crippen LogP contribution in [-0.4, -0.2) is 43.1 Å². The number of carbonyl (C=O) groups excluding carboxylic acids is 2. The average molecular weight is 480 g/mol. The number of carbonyl (C=O) groups is 2. The molecule has 1 amide bonds. The minimum Gasteiger partial charge on any atom is -0.479 e. The van der Waals surface area contributed by atoms with Crippen molar-refractivity contribution in [3.05, 3.63) is 58.6 Å². The van der Waals surface area contributed by atoms with Crippen LogP contribution in [0.15, 0.2) is 47.4 Å². The summed E-state index contributed by atoms with van der Waals surface area (Å²) in [5.74, 6) is 0.0870. The highest BCUT2D eigenvalue weighted by atomic mass is 35.5. The van der Waals surface area contributed by atoms with Crippen LogP contribution in [0.25, 0.3) is 0 Å². The van der Waals surface area contributed by atoms with Gasteiger partial charge in [0.1, 0.15) is 11.2 Å². The maximum Gasteiger partial charge on any atom is 0.309 e. The van der Waals surface area contributed by atoms with Gasteiger partial charge in [0.05, 0.1) is 25.7 Å². The van der Waals surface area contributed by atoms with Gasteiger partial charge in [0.2, 0.25) is 0 Å². The lowest BCUT2D eigenvalue weighted by Crippen LogP contribution is -2.30. The number of benzene rings is 2. The molecule has 0 aliphatic heterocycles. The van der Waals surface area contributed by atoms with Crippen LogP contribution in [0.5, 0.6) is 5.75 Å². The molecule has 0 aliphatic rings. The topological polar surface area (TPSA) is 65.1 Å². The van der Waals surface area contributed by atoms with Gasteiger partial charge < -0.3 is 9.47 Å². The van der Waals surface area contributed by atoms with E-state index in [0.29, 0.717) is 22.9 Å². The summed E-state index contributed by atoms with van der Waals surface area (Å²) in [5.41, 5.74) is 1.09. The minimum atomic E-state index is -0.313. The van der Waals surface area contributed by atoms with Crippen molar-refractivity contribution in [1.29, 1.82) is 0 Å². The normalized spacial score (nSPS) is 11.7. The molecule has 0 heterocycles. The Morgan fingerprint density at radius 3 is 2.53 bits per heavy atom. The fourth-order valence-electron chi connectivity index (χ4n) is 2.90. The molecular weight excluding hydrogens is 450 g/mol. The zero-order valence-electron chi connectivity index (χ0n) is 18.9. The molecule has 0 saturated heterocycles. The number of ether oxygens (including phenoxy) is 2. The van der Waals surface area contributed by atoms with E-state index in [0.717, 1.165) is 29.7 Å². The number of hydrogen-bond acceptors (Lipinski definition) is 6. The molecule has 0 spiro atoms. The third-order valence-corrected chi connectivity index (χ3v) is 6.40. The monoisotopic (exact) mass is 479 g/mol. The van der Waals surface area contributed by atoms with E-state index in [1.165, 1.54) is 31.0 Å². The SMILES string of the molecule is CCCCN(OC)C(=O)c1cccc(OC(CC)Sc2ccc(CC(=O)OC)cc2Cl)c1. The highest BCUT2D eigenvalue weighted by molar-refractivity contribution is 7.99. The molecule has 0 fully saturated rings. The molecule has 2 aromatic carbocycles. The van der Waals surface area contributed by atoms with Gasteiger partial charge in [-0.05, 0) is 48.7 Å². The van der Waals surface area contributed by atoms with E-state index < -0.39 is 0 Å². The lowest BCUT2D eigenvalue weighted by molar-refractivity contribution is -0.139. The van der Waals surface area contributed by atoms with Crippen LogP contribution < -0.4 is 4.74 Å². The average Bonchev–Trinajstić information content (AvgIpc) is 2.80. The van der Waals surface area contributed by atoms with E-state index in [1.807, 2.05) is 25.1 Å². The van der Waals surface area contributed by atoms with Crippen LogP contribution in [0.1, 0.15) is 49.0 Å². The number of nitrogens with zero attached hydrogens (tertiary/aromatic N) is 1. The summed E-state index contributed by atoms with van der Waals surface area (Å²) in [4.78, 5) is 30.3. The van der Waals surface area contributed by atoms with Crippen molar-refractivity contribution in [2.75, 3.05) is 20.8 Å². The van der Waals surface area contributed by atoms with Crippen LogP contribution in [0, 0.1) is 0 Å². The predicted octanol–water partition coefficient (Wildman–Crippen LogP) is 5.77. The van der Waals surface area contributed by atoms with Gasteiger partial charge >= 0.3 is 5.97 Å². The minimum absolute atomic E-state index is 0.173. The molecular formula is C24H30ClNO5S. The standard InChI is InChI=1S/C24H30ClNO5S/c1-5-7-13-26(30-4)24(28)18-9-8-10-19(16-18)31-23(6-2)32-21-12-11-17(14-20(21)25)15-22(27)29-3/h8-12,14,16,23H,5-7,13,15H2,1-4H3. The summed E-state index contributed by atoms with van der Waals surface area (Å²) < 4.78 is 10.8. The number of halogens is 1. The zero-order valence-corrected chi connectivity index (χ0v) is 20.5. The fourth-order valence-corrected chi connectivity index (χ4v) is 4.16. The molecule has 32 heavy (non-hydrogen) atoms. The van der Waals surface area contributed by atoms with E-state index in [9.17, 15) is 9.59 Å². The summed E-state index contributed by atoms with van der Waals surface area (Å²) in [7, 11) is 2.86. The van der Waals surface area contributed by atoms with Gasteiger partial charge in [-0.2, -0.15) is 0 Å². The summed E-state index contributed by atoms with van der Waals surface area (Å²) in [5, 5.41) is 1.92. The Bertz CT molecular complexity index is 908. The zero-order chi connectivity index (χ0) is 23.5. The van der Waals surface area contributed by atoms with Gasteiger partial charge in [0.25, 0.3) is 5.91 Å². The van der Waals surface area contributed by atoms with Crippen molar-refractivity contribution in [1.82, 2.24) is 5.06 Å². The van der Waals surface area contributed by atoms with Gasteiger partial charge in [0.15, 0.2) is 0 Å². The van der Waals surface area contributed by atoms with E-state index in [-0.39, 0.29) is 23.7 Å². The van der Waals surface area contributed by atoms with Crippen LogP contribution in [0.2, 0.25) is 5.02 Å². The van der Waals surface area contributed by atoms with Gasteiger partial charge in [-0.1, -0.05) is 55.8 Å². The van der Waals surface area contributed by atoms with Gasteiger partial charge in [-0.3, -0.25) is 14.4 Å². The molecule has 6 nitrogen and oxygen atoms in total. The number of hydrogen-bond donors (Lipinski definition) is 0. The van der Waals surface area contributed by atoms with Crippen molar-refractivity contribution in [2.24, 2.45) is 0 Å². The highest BCUT2D eigenvalue weighted by Crippen LogP contribution is 2.34. The maximum atomic E-state index is 12.7. The smallest absolute Gasteiger partial charge is 0.309 e. The van der Waals surface area contributed by atoms with Crippen LogP contribution >= 0.6 is 23.4 Å². The van der Waals surface area contributed by atoms with Crippen molar-refractivity contribution >= 4 is 35.2 Å². The number of methoxy groups -OCH3 is 1. The second-order valence-corrected chi connectivity index (χ2v) is 8.67. The summed E-state index contributed by atoms with van der Waals surface area (Å²) in [6.07, 6.45) is 2.73. The predicted molar refractivity (Wildman–Crippen MR) is 127 cm³/mol. The Morgan fingerprint density at radius 2 is 1.91 bits per heavy atom. The van der Waals surface area contributed by atoms with Crippen molar-refractivity contribution in [3.63, 3.8) is 0 Å². The molecule has 2 aromatic rings. The lowest BCUT2D eigenvalue weighted by Gasteiger charge is -2.21. The number of esters is 1. The summed E-state index contributed by atoms with van der Waals surface area (Å²) >= 11 is 7.92. The van der Waals surface area contributed by atoms with Gasteiger partial charge in [-0.15, -0.1) is 0 Å². The molecule has 0 aliphatic carbocycles. The molecule has 0 saturated carbocycles. The lowest BCUT2D eigenvalue weighted by atomic mass is 10.1. The molecule has 8 heteroatoms. The number of hydroxylamine groups is 2. The largest absolute Gasteiger partial charge is 0.479 e. The highest BCUT2D eigenvalue weighted by Gasteiger charge is 2.18. The van der Waals surface area contributed by atoms with E-state index in [2.05, 4.69) is 6.92 Å². The Labute approximate surface area is 199 Å². The number of unbranched alkanes of at least 4 members (excludes halogenated alkanes) is 1. The first-order valence-corrected chi connectivity index (χ1v) is 11.8. The van der Waals surface area contributed by atoms with Crippen molar-refractivity contribution < 1.29 is 23.9 Å². The fraction of sp³-hybridized carbons (Fsp3) is 0.417. The molecule has 1 atom stereocenters. The Hall–Kier alpha value is -2.22. The van der Waals surface area contributed by atoms with Gasteiger partial charge in [-0.25, -0.2) is 5.06 Å². The first kappa shape index (κ1) is 26.0. The van der Waals surface area contributed by atoms with Crippen molar-refractivity contribution in [3.8, 4) is 5.75 Å². The van der Waals surface area contributed by atoms with Crippen LogP contribution in [0.3, 0.4) is 0 Å². The first-order valence-electron chi connectivity index (χ1n) is 10.6. The maximum absolute atomic E-state index is 12.7. The molecule has 2 rings (SSSR count). The van der Waals surface area contributed by atoms with E-state index in [1.54, 1.807) is 24.3 Å². The first-order chi connectivity index (χ1) is 15.4. The second kappa shape index (κ2) is 13.4. The quantitative estimate of drug-likeness (QED) is 0.167. The molecule has 1 unspecified atom stereocenters. The number of rotatable bonds is 12. The molecule has 0 radical (unpaired) electrons. The summed E-state index contributed by atoms with van der Waals surface area (Å²) in [6, 6.07) is 12.6. The Morgan fingerprint density at radius 1 is 1.12 bits per heavy atom. The van der Waals surface area contributed by atoms with E-state index in [4.69, 9.17) is 25.9 Å². The third kappa shape index (κ3) is 7.73. The molecule has 0 N–H and O–H groups in total. The van der Waals surface area contributed by atoms with Gasteiger partial charge in [0, 0.05) is 17.0 Å². The molecule has 0 bridgehead atoms. The summed E-state index contributed by atoms with van der Waals surface area (Å²) in [6.45, 7) is 4.62. The molecule has 0 aromatic heterocycles. The number of thioether (sulfide) groups is 1. The number of amides is 1. The Balaban J connectivity index is 2.08. The molecule has 174 valence electrons. The van der Waals surface area contributed by atoms with Crippen molar-refractivity contribution in [2.45, 2.75) is 49.9 Å².